The molecule has 0 aliphatic carbocycles. The van der Waals surface area contributed by atoms with Gasteiger partial charge in [-0.25, -0.2) is 8.42 Å². The molecule has 158 valence electrons. The first kappa shape index (κ1) is 21.3. The molecule has 4 unspecified atom stereocenters. The highest BCUT2D eigenvalue weighted by atomic mass is 32.3. The zero-order valence-corrected chi connectivity index (χ0v) is 15.4. The molecular formula is C14H23O12S-. The summed E-state index contributed by atoms with van der Waals surface area (Å²) in [6, 6.07) is 0. The molecule has 0 saturated carbocycles. The number of aliphatic hydroxyl groups excluding tert-OH is 3. The van der Waals surface area contributed by atoms with E-state index in [0.29, 0.717) is 0 Å². The zero-order chi connectivity index (χ0) is 19.9. The van der Waals surface area contributed by atoms with Crippen LogP contribution in [0.25, 0.3) is 0 Å². The van der Waals surface area contributed by atoms with Crippen LogP contribution in [-0.4, -0.2) is 104 Å². The van der Waals surface area contributed by atoms with E-state index < -0.39 is 78.2 Å². The number of fused-ring (bicyclic) bond motifs is 2. The van der Waals surface area contributed by atoms with E-state index in [2.05, 4.69) is 4.18 Å². The van der Waals surface area contributed by atoms with Crippen LogP contribution in [0, 0.1) is 5.92 Å². The molecule has 2 bridgehead atoms. The van der Waals surface area contributed by atoms with Crippen molar-refractivity contribution in [2.45, 2.75) is 62.2 Å². The maximum Gasteiger partial charge on any atom is 0.218 e. The summed E-state index contributed by atoms with van der Waals surface area (Å²) in [5.74, 6) is -0.913. The van der Waals surface area contributed by atoms with Crippen LogP contribution in [0.15, 0.2) is 0 Å². The van der Waals surface area contributed by atoms with E-state index in [9.17, 15) is 28.3 Å². The van der Waals surface area contributed by atoms with Crippen molar-refractivity contribution in [3.8, 4) is 0 Å². The van der Waals surface area contributed by atoms with Gasteiger partial charge in [-0.15, -0.1) is 0 Å². The molecular weight excluding hydrogens is 392 g/mol. The minimum Gasteiger partial charge on any atom is -0.726 e. The van der Waals surface area contributed by atoms with Crippen molar-refractivity contribution in [2.24, 2.45) is 5.92 Å². The quantitative estimate of drug-likeness (QED) is 0.298. The first-order valence-corrected chi connectivity index (χ1v) is 9.71. The molecule has 0 aromatic heterocycles. The highest BCUT2D eigenvalue weighted by molar-refractivity contribution is 7.80. The molecule has 27 heavy (non-hydrogen) atoms. The third kappa shape index (κ3) is 4.28. The molecule has 0 radical (unpaired) electrons. The topological polar surface area (TPSA) is 173 Å². The molecule has 0 spiro atoms. The van der Waals surface area contributed by atoms with Crippen molar-refractivity contribution in [1.29, 1.82) is 0 Å². The molecule has 0 amide bonds. The molecule has 3 N–H and O–H groups in total. The van der Waals surface area contributed by atoms with Crippen molar-refractivity contribution in [2.75, 3.05) is 20.3 Å². The Morgan fingerprint density at radius 1 is 1.15 bits per heavy atom. The lowest BCUT2D eigenvalue weighted by molar-refractivity contribution is -0.329. The second-order valence-corrected chi connectivity index (χ2v) is 7.72. The van der Waals surface area contributed by atoms with Gasteiger partial charge in [0.05, 0.1) is 13.2 Å². The lowest BCUT2D eigenvalue weighted by atomic mass is 9.90. The van der Waals surface area contributed by atoms with Gasteiger partial charge in [-0.2, -0.15) is 0 Å². The fourth-order valence-corrected chi connectivity index (χ4v) is 4.17. The fraction of sp³-hybridized carbons (Fsp3) is 1.00. The van der Waals surface area contributed by atoms with Crippen LogP contribution in [0.1, 0.15) is 6.92 Å². The maximum atomic E-state index is 10.9. The number of hydrogen-bond acceptors (Lipinski definition) is 12. The predicted octanol–water partition coefficient (Wildman–Crippen LogP) is -2.94. The molecule has 3 saturated heterocycles. The Balaban J connectivity index is 1.71. The van der Waals surface area contributed by atoms with Gasteiger partial charge in [0.25, 0.3) is 0 Å². The van der Waals surface area contributed by atoms with E-state index >= 15 is 0 Å². The molecule has 3 rings (SSSR count). The molecule has 12 nitrogen and oxygen atoms in total. The van der Waals surface area contributed by atoms with Gasteiger partial charge in [-0.3, -0.25) is 4.18 Å². The number of aliphatic hydroxyl groups is 3. The summed E-state index contributed by atoms with van der Waals surface area (Å²) >= 11 is 0. The number of ether oxygens (including phenoxy) is 5. The Hall–Kier alpha value is -0.450. The van der Waals surface area contributed by atoms with E-state index in [4.69, 9.17) is 23.7 Å². The summed E-state index contributed by atoms with van der Waals surface area (Å²) in [7, 11) is -3.70. The van der Waals surface area contributed by atoms with Gasteiger partial charge in [-0.05, 0) is 0 Å². The maximum absolute atomic E-state index is 10.9. The van der Waals surface area contributed by atoms with Gasteiger partial charge in [0.2, 0.25) is 10.4 Å². The van der Waals surface area contributed by atoms with Gasteiger partial charge < -0.3 is 43.6 Å². The van der Waals surface area contributed by atoms with E-state index in [1.165, 1.54) is 14.0 Å². The van der Waals surface area contributed by atoms with Crippen molar-refractivity contribution >= 4 is 10.4 Å². The summed E-state index contributed by atoms with van der Waals surface area (Å²) < 4.78 is 64.3. The SMILES string of the molecule is CO[C@H]1OC2CO[C@@H](C1O)[C@H]2O[C@@H]1OC(CO)[C@H](OS(=O)(=O)[O-])C(C)[C@@H]1O. The molecule has 0 aromatic carbocycles. The van der Waals surface area contributed by atoms with Crippen LogP contribution >= 0.6 is 0 Å². The average molecular weight is 415 g/mol. The van der Waals surface area contributed by atoms with Gasteiger partial charge in [0, 0.05) is 13.0 Å². The van der Waals surface area contributed by atoms with E-state index in [1.54, 1.807) is 0 Å². The standard InChI is InChI=1S/C14H24O12S/c1-5-8(16)14(23-6(3-15)10(5)26-27(18,19)20)25-11-7-4-22-12(11)9(17)13(21-2)24-7/h5-17H,3-4H2,1-2H3,(H,18,19,20)/p-1/t5?,6?,7?,8-,9?,10+,11-,12-,13-,14-/m0/s1. The summed E-state index contributed by atoms with van der Waals surface area (Å²) in [5, 5.41) is 30.1. The minimum atomic E-state index is -5.07. The second kappa shape index (κ2) is 8.12. The minimum absolute atomic E-state index is 0.133. The normalized spacial score (nSPS) is 47.9. The fourth-order valence-electron chi connectivity index (χ4n) is 3.60. The smallest absolute Gasteiger partial charge is 0.218 e. The molecule has 0 aromatic rings. The van der Waals surface area contributed by atoms with Crippen molar-refractivity contribution < 1.29 is 56.2 Å². The first-order chi connectivity index (χ1) is 12.7. The summed E-state index contributed by atoms with van der Waals surface area (Å²) in [6.45, 7) is 0.893. The molecule has 13 heteroatoms. The number of methoxy groups -OCH3 is 1. The van der Waals surface area contributed by atoms with Gasteiger partial charge in [-0.1, -0.05) is 6.92 Å². The summed E-state index contributed by atoms with van der Waals surface area (Å²) in [6.07, 6.45) is -9.46. The van der Waals surface area contributed by atoms with E-state index in [-0.39, 0.29) is 6.61 Å². The Morgan fingerprint density at radius 3 is 2.44 bits per heavy atom. The molecule has 3 aliphatic rings. The van der Waals surface area contributed by atoms with Gasteiger partial charge >= 0.3 is 0 Å². The molecule has 3 fully saturated rings. The van der Waals surface area contributed by atoms with Crippen molar-refractivity contribution in [1.82, 2.24) is 0 Å². The van der Waals surface area contributed by atoms with Gasteiger partial charge in [0.15, 0.2) is 12.6 Å². The van der Waals surface area contributed by atoms with Crippen LogP contribution in [0.5, 0.6) is 0 Å². The summed E-state index contributed by atoms with van der Waals surface area (Å²) in [5.41, 5.74) is 0. The van der Waals surface area contributed by atoms with Gasteiger partial charge in [0.1, 0.15) is 42.7 Å². The predicted molar refractivity (Wildman–Crippen MR) is 81.8 cm³/mol. The van der Waals surface area contributed by atoms with Crippen LogP contribution < -0.4 is 0 Å². The Bertz CT molecular complexity index is 611. The van der Waals surface area contributed by atoms with Crippen LogP contribution in [0.2, 0.25) is 0 Å². The van der Waals surface area contributed by atoms with E-state index in [1.807, 2.05) is 0 Å². The highest BCUT2D eigenvalue weighted by Gasteiger charge is 2.54. The van der Waals surface area contributed by atoms with Crippen LogP contribution in [-0.2, 0) is 38.3 Å². The molecule has 3 aliphatic heterocycles. The summed E-state index contributed by atoms with van der Waals surface area (Å²) in [4.78, 5) is 0. The third-order valence-electron chi connectivity index (χ3n) is 5.01. The second-order valence-electron chi connectivity index (χ2n) is 6.71. The Kier molecular flexibility index (Phi) is 6.39. The van der Waals surface area contributed by atoms with E-state index in [0.717, 1.165) is 0 Å². The van der Waals surface area contributed by atoms with Crippen molar-refractivity contribution in [3.05, 3.63) is 0 Å². The largest absolute Gasteiger partial charge is 0.726 e. The lowest BCUT2D eigenvalue weighted by Gasteiger charge is -2.45. The number of hydrogen-bond donors (Lipinski definition) is 3. The lowest BCUT2D eigenvalue weighted by Crippen LogP contribution is -2.60. The monoisotopic (exact) mass is 415 g/mol. The van der Waals surface area contributed by atoms with Crippen LogP contribution in [0.4, 0.5) is 0 Å². The number of rotatable bonds is 6. The average Bonchev–Trinajstić information content (AvgIpc) is 2.91. The molecule has 3 heterocycles. The Labute approximate surface area is 155 Å². The highest BCUT2D eigenvalue weighted by Crippen LogP contribution is 2.36. The third-order valence-corrected chi connectivity index (χ3v) is 5.47. The van der Waals surface area contributed by atoms with Crippen molar-refractivity contribution in [3.63, 3.8) is 0 Å². The first-order valence-electron chi connectivity index (χ1n) is 8.38. The van der Waals surface area contributed by atoms with Crippen LogP contribution in [0.3, 0.4) is 0 Å². The Morgan fingerprint density at radius 2 is 1.85 bits per heavy atom. The zero-order valence-electron chi connectivity index (χ0n) is 14.6. The molecule has 10 atom stereocenters.